The third kappa shape index (κ3) is 9.32. The first-order valence-electron chi connectivity index (χ1n) is 13.9. The number of unbranched alkanes of at least 4 members (excludes halogenated alkanes) is 12. The standard InChI is InChI=1S/C29H44ClNO2S3/c1-3-5-7-9-11-13-15-17-23(26(32)34)29(28(33)35,20-16-14-12-10-8-6-4-2)27-31-24-19-18-22(30)21-25(24)36-27/h18-19,21,23H,3-17,20H2,1-2H3,(H,32,34)(H,33,35). The van der Waals surface area contributed by atoms with Crippen LogP contribution in [0.3, 0.4) is 0 Å². The first kappa shape index (κ1) is 31.7. The number of benzene rings is 1. The van der Waals surface area contributed by atoms with Crippen molar-refractivity contribution in [2.75, 3.05) is 0 Å². The molecule has 2 unspecified atom stereocenters. The third-order valence-corrected chi connectivity index (χ3v) is 9.42. The third-order valence-electron chi connectivity index (χ3n) is 7.28. The van der Waals surface area contributed by atoms with Crippen molar-refractivity contribution in [3.05, 3.63) is 28.2 Å². The van der Waals surface area contributed by atoms with Crippen molar-refractivity contribution in [2.45, 2.75) is 122 Å². The first-order valence-corrected chi connectivity index (χ1v) is 16.0. The highest BCUT2D eigenvalue weighted by Gasteiger charge is 2.49. The predicted molar refractivity (Wildman–Crippen MR) is 163 cm³/mol. The van der Waals surface area contributed by atoms with Gasteiger partial charge in [0.15, 0.2) is 10.2 Å². The van der Waals surface area contributed by atoms with Crippen molar-refractivity contribution in [3.63, 3.8) is 0 Å². The lowest BCUT2D eigenvalue weighted by Gasteiger charge is -2.35. The van der Waals surface area contributed by atoms with Crippen LogP contribution in [0.25, 0.3) is 10.2 Å². The van der Waals surface area contributed by atoms with E-state index in [0.29, 0.717) is 22.9 Å². The van der Waals surface area contributed by atoms with E-state index >= 15 is 0 Å². The van der Waals surface area contributed by atoms with E-state index in [-0.39, 0.29) is 10.2 Å². The molecule has 202 valence electrons. The Morgan fingerprint density at radius 3 is 2.00 bits per heavy atom. The van der Waals surface area contributed by atoms with E-state index in [2.05, 4.69) is 39.1 Å². The number of hydrogen-bond donors (Lipinski definition) is 2. The van der Waals surface area contributed by atoms with Gasteiger partial charge in [0.25, 0.3) is 0 Å². The molecular weight excluding hydrogens is 526 g/mol. The molecule has 2 rings (SSSR count). The lowest BCUT2D eigenvalue weighted by molar-refractivity contribution is -0.125. The van der Waals surface area contributed by atoms with Crippen LogP contribution in [0.2, 0.25) is 5.02 Å². The van der Waals surface area contributed by atoms with Gasteiger partial charge in [0.2, 0.25) is 0 Å². The van der Waals surface area contributed by atoms with E-state index < -0.39 is 11.3 Å². The van der Waals surface area contributed by atoms with E-state index in [1.807, 2.05) is 18.2 Å². The molecule has 0 saturated carbocycles. The number of rotatable bonds is 20. The minimum Gasteiger partial charge on any atom is -0.287 e. The van der Waals surface area contributed by atoms with Crippen molar-refractivity contribution < 1.29 is 9.59 Å². The molecule has 0 aliphatic heterocycles. The van der Waals surface area contributed by atoms with Crippen LogP contribution in [-0.2, 0) is 15.0 Å². The quantitative estimate of drug-likeness (QED) is 0.123. The fourth-order valence-electron chi connectivity index (χ4n) is 5.11. The number of aromatic nitrogens is 1. The molecule has 1 heterocycles. The SMILES string of the molecule is CCCCCCCCCC(C(=O)S)C(CCCCCCCCC)(C(=O)S)c1nc2ccc(Cl)cc2s1. The van der Waals surface area contributed by atoms with Crippen LogP contribution in [0.1, 0.15) is 122 Å². The molecule has 0 N–H and O–H groups in total. The van der Waals surface area contributed by atoms with Crippen molar-refractivity contribution >= 4 is 68.6 Å². The Morgan fingerprint density at radius 2 is 1.44 bits per heavy atom. The van der Waals surface area contributed by atoms with Crippen LogP contribution in [0, 0.1) is 5.92 Å². The van der Waals surface area contributed by atoms with Gasteiger partial charge in [-0.05, 0) is 31.0 Å². The summed E-state index contributed by atoms with van der Waals surface area (Å²) in [5, 5.41) is 0.816. The molecule has 0 aliphatic rings. The molecular formula is C29H44ClNO2S3. The zero-order valence-corrected chi connectivity index (χ0v) is 25.4. The Bertz CT molecular complexity index is 948. The first-order chi connectivity index (χ1) is 17.4. The molecule has 3 nitrogen and oxygen atoms in total. The normalized spacial score (nSPS) is 14.1. The second kappa shape index (κ2) is 17.1. The summed E-state index contributed by atoms with van der Waals surface area (Å²) in [4.78, 5) is 31.2. The van der Waals surface area contributed by atoms with E-state index in [1.54, 1.807) is 0 Å². The Labute approximate surface area is 238 Å². The smallest absolute Gasteiger partial charge is 0.199 e. The summed E-state index contributed by atoms with van der Waals surface area (Å²) in [6.45, 7) is 4.44. The van der Waals surface area contributed by atoms with Crippen LogP contribution >= 0.6 is 48.2 Å². The van der Waals surface area contributed by atoms with Crippen LogP contribution in [0.5, 0.6) is 0 Å². The summed E-state index contributed by atoms with van der Waals surface area (Å²) < 4.78 is 0.928. The topological polar surface area (TPSA) is 47.0 Å². The number of fused-ring (bicyclic) bond motifs is 1. The molecule has 0 saturated heterocycles. The number of carbonyl (C=O) groups excluding carboxylic acids is 2. The van der Waals surface area contributed by atoms with Gasteiger partial charge in [-0.15, -0.1) is 36.6 Å². The monoisotopic (exact) mass is 569 g/mol. The average Bonchev–Trinajstić information content (AvgIpc) is 3.26. The highest BCUT2D eigenvalue weighted by molar-refractivity contribution is 7.97. The Kier molecular flexibility index (Phi) is 15.0. The summed E-state index contributed by atoms with van der Waals surface area (Å²) in [7, 11) is 0. The van der Waals surface area contributed by atoms with Gasteiger partial charge in [0.05, 0.1) is 10.2 Å². The lowest BCUT2D eigenvalue weighted by atomic mass is 9.71. The summed E-state index contributed by atoms with van der Waals surface area (Å²) in [5.41, 5.74) is -0.247. The van der Waals surface area contributed by atoms with E-state index in [0.717, 1.165) is 48.7 Å². The zero-order chi connectivity index (χ0) is 26.4. The maximum absolute atomic E-state index is 13.4. The summed E-state index contributed by atoms with van der Waals surface area (Å²) >= 11 is 16.4. The zero-order valence-electron chi connectivity index (χ0n) is 22.1. The molecule has 0 bridgehead atoms. The second-order valence-electron chi connectivity index (χ2n) is 10.1. The van der Waals surface area contributed by atoms with E-state index in [4.69, 9.17) is 16.6 Å². The maximum atomic E-state index is 13.4. The molecule has 0 amide bonds. The Hall–Kier alpha value is -0.560. The molecule has 0 fully saturated rings. The molecule has 1 aromatic carbocycles. The summed E-state index contributed by atoms with van der Waals surface area (Å²) in [5.74, 6) is -0.530. The van der Waals surface area contributed by atoms with E-state index in [1.165, 1.54) is 62.7 Å². The van der Waals surface area contributed by atoms with Crippen molar-refractivity contribution in [3.8, 4) is 0 Å². The van der Waals surface area contributed by atoms with Crippen molar-refractivity contribution in [2.24, 2.45) is 5.92 Å². The largest absolute Gasteiger partial charge is 0.287 e. The second-order valence-corrected chi connectivity index (χ2v) is 12.4. The molecule has 36 heavy (non-hydrogen) atoms. The van der Waals surface area contributed by atoms with Gasteiger partial charge < -0.3 is 0 Å². The van der Waals surface area contributed by atoms with Gasteiger partial charge in [-0.1, -0.05) is 115 Å². The lowest BCUT2D eigenvalue weighted by Crippen LogP contribution is -2.44. The van der Waals surface area contributed by atoms with Gasteiger partial charge in [-0.2, -0.15) is 0 Å². The molecule has 1 aromatic heterocycles. The molecule has 7 heteroatoms. The molecule has 2 aromatic rings. The number of halogens is 1. The molecule has 0 radical (unpaired) electrons. The number of thiol groups is 2. The number of hydrogen-bond acceptors (Lipinski definition) is 4. The molecule has 0 aliphatic carbocycles. The van der Waals surface area contributed by atoms with Gasteiger partial charge in [0, 0.05) is 10.9 Å². The van der Waals surface area contributed by atoms with Gasteiger partial charge in [-0.25, -0.2) is 4.98 Å². The van der Waals surface area contributed by atoms with Crippen LogP contribution in [0.15, 0.2) is 18.2 Å². The fourth-order valence-corrected chi connectivity index (χ4v) is 7.43. The Morgan fingerprint density at radius 1 is 0.889 bits per heavy atom. The number of nitrogens with zero attached hydrogens (tertiary/aromatic N) is 1. The van der Waals surface area contributed by atoms with E-state index in [9.17, 15) is 9.59 Å². The van der Waals surface area contributed by atoms with Crippen LogP contribution in [-0.4, -0.2) is 15.2 Å². The fraction of sp³-hybridized carbons (Fsp3) is 0.690. The Balaban J connectivity index is 2.27. The van der Waals surface area contributed by atoms with Gasteiger partial charge >= 0.3 is 0 Å². The van der Waals surface area contributed by atoms with Crippen molar-refractivity contribution in [1.29, 1.82) is 0 Å². The van der Waals surface area contributed by atoms with Crippen LogP contribution in [0.4, 0.5) is 0 Å². The highest BCUT2D eigenvalue weighted by Crippen LogP contribution is 2.46. The average molecular weight is 570 g/mol. The molecule has 0 spiro atoms. The van der Waals surface area contributed by atoms with Gasteiger partial charge in [-0.3, -0.25) is 9.59 Å². The summed E-state index contributed by atoms with van der Waals surface area (Å²) in [6, 6.07) is 5.58. The molecule has 2 atom stereocenters. The minimum absolute atomic E-state index is 0.233. The van der Waals surface area contributed by atoms with Crippen molar-refractivity contribution in [1.82, 2.24) is 4.98 Å². The summed E-state index contributed by atoms with van der Waals surface area (Å²) in [6.07, 6.45) is 17.3. The van der Waals surface area contributed by atoms with Gasteiger partial charge in [0.1, 0.15) is 10.4 Å². The number of carbonyl (C=O) groups is 2. The maximum Gasteiger partial charge on any atom is 0.199 e. The van der Waals surface area contributed by atoms with Crippen LogP contribution < -0.4 is 0 Å². The highest BCUT2D eigenvalue weighted by atomic mass is 35.5. The minimum atomic E-state index is -1.05. The predicted octanol–water partition coefficient (Wildman–Crippen LogP) is 10.00. The number of thiazole rings is 1.